The van der Waals surface area contributed by atoms with E-state index in [0.29, 0.717) is 5.69 Å². The van der Waals surface area contributed by atoms with Crippen LogP contribution in [0.25, 0.3) is 0 Å². The molecule has 1 amide bonds. The van der Waals surface area contributed by atoms with Crippen LogP contribution in [0.15, 0.2) is 16.6 Å². The van der Waals surface area contributed by atoms with Crippen LogP contribution in [0.3, 0.4) is 0 Å². The van der Waals surface area contributed by atoms with Crippen LogP contribution in [0.2, 0.25) is 0 Å². The monoisotopic (exact) mass is 457 g/mol. The summed E-state index contributed by atoms with van der Waals surface area (Å²) in [6.45, 7) is 7.31. The number of unbranched alkanes of at least 4 members (excludes halogenated alkanes) is 1. The van der Waals surface area contributed by atoms with Crippen LogP contribution < -0.4 is 4.90 Å². The lowest BCUT2D eigenvalue weighted by atomic mass is 10.0. The Bertz CT molecular complexity index is 693. The van der Waals surface area contributed by atoms with Crippen LogP contribution in [0.5, 0.6) is 0 Å². The first-order valence-corrected chi connectivity index (χ1v) is 10.9. The standard InChI is InChI=1S/C20H28BrNO4S/c1-5-7-8-15(6-2)20(26)27-12-17(23)22(11-18(24)25)19-13(3)9-10-16(21)14(19)4/h9-10,15H,5-8,11-12H2,1-4H3,(H,24,25). The maximum Gasteiger partial charge on any atom is 0.323 e. The molecule has 27 heavy (non-hydrogen) atoms. The summed E-state index contributed by atoms with van der Waals surface area (Å²) in [5.41, 5.74) is 2.20. The number of carboxylic acids is 1. The number of halogens is 1. The van der Waals surface area contributed by atoms with Gasteiger partial charge in [0, 0.05) is 10.4 Å². The van der Waals surface area contributed by atoms with E-state index < -0.39 is 12.5 Å². The fourth-order valence-electron chi connectivity index (χ4n) is 2.92. The number of hydrogen-bond donors (Lipinski definition) is 1. The van der Waals surface area contributed by atoms with Gasteiger partial charge in [0.25, 0.3) is 0 Å². The lowest BCUT2D eigenvalue weighted by Crippen LogP contribution is -2.38. The van der Waals surface area contributed by atoms with Crippen molar-refractivity contribution >= 4 is 50.4 Å². The van der Waals surface area contributed by atoms with Crippen molar-refractivity contribution in [3.8, 4) is 0 Å². The van der Waals surface area contributed by atoms with E-state index >= 15 is 0 Å². The van der Waals surface area contributed by atoms with Crippen LogP contribution in [-0.4, -0.2) is 34.4 Å². The molecule has 1 rings (SSSR count). The first-order valence-electron chi connectivity index (χ1n) is 9.17. The zero-order valence-electron chi connectivity index (χ0n) is 16.4. The number of aryl methyl sites for hydroxylation is 1. The average molecular weight is 458 g/mol. The van der Waals surface area contributed by atoms with Gasteiger partial charge in [-0.25, -0.2) is 0 Å². The minimum Gasteiger partial charge on any atom is -0.480 e. The van der Waals surface area contributed by atoms with Gasteiger partial charge in [-0.3, -0.25) is 19.3 Å². The Kier molecular flexibility index (Phi) is 10.1. The lowest BCUT2D eigenvalue weighted by molar-refractivity contribution is -0.136. The zero-order valence-corrected chi connectivity index (χ0v) is 18.8. The van der Waals surface area contributed by atoms with Gasteiger partial charge in [0.2, 0.25) is 5.91 Å². The topological polar surface area (TPSA) is 74.7 Å². The third kappa shape index (κ3) is 6.96. The van der Waals surface area contributed by atoms with Crippen molar-refractivity contribution in [2.75, 3.05) is 17.2 Å². The van der Waals surface area contributed by atoms with E-state index in [2.05, 4.69) is 22.9 Å². The predicted molar refractivity (Wildman–Crippen MR) is 114 cm³/mol. The third-order valence-electron chi connectivity index (χ3n) is 4.50. The van der Waals surface area contributed by atoms with Gasteiger partial charge in [-0.1, -0.05) is 60.4 Å². The van der Waals surface area contributed by atoms with Gasteiger partial charge in [-0.2, -0.15) is 0 Å². The van der Waals surface area contributed by atoms with Gasteiger partial charge < -0.3 is 5.11 Å². The van der Waals surface area contributed by atoms with Crippen molar-refractivity contribution in [1.82, 2.24) is 0 Å². The average Bonchev–Trinajstić information content (AvgIpc) is 2.62. The summed E-state index contributed by atoms with van der Waals surface area (Å²) in [4.78, 5) is 37.8. The number of amides is 1. The Morgan fingerprint density at radius 3 is 2.44 bits per heavy atom. The number of nitrogens with zero attached hydrogens (tertiary/aromatic N) is 1. The van der Waals surface area contributed by atoms with Gasteiger partial charge in [0.1, 0.15) is 6.54 Å². The number of thioether (sulfide) groups is 1. The Morgan fingerprint density at radius 2 is 1.89 bits per heavy atom. The number of rotatable bonds is 10. The Labute approximate surface area is 174 Å². The molecular formula is C20H28BrNO4S. The number of anilines is 1. The minimum atomic E-state index is -1.09. The summed E-state index contributed by atoms with van der Waals surface area (Å²) in [5.74, 6) is -1.57. The quantitative estimate of drug-likeness (QED) is 0.537. The van der Waals surface area contributed by atoms with Crippen molar-refractivity contribution in [2.24, 2.45) is 5.92 Å². The molecule has 0 aliphatic heterocycles. The molecule has 1 unspecified atom stereocenters. The fourth-order valence-corrected chi connectivity index (χ4v) is 4.18. The molecule has 0 aliphatic rings. The highest BCUT2D eigenvalue weighted by atomic mass is 79.9. The lowest BCUT2D eigenvalue weighted by Gasteiger charge is -2.25. The molecule has 0 radical (unpaired) electrons. The maximum atomic E-state index is 12.8. The Morgan fingerprint density at radius 1 is 1.22 bits per heavy atom. The molecule has 0 saturated heterocycles. The second kappa shape index (κ2) is 11.5. The fraction of sp³-hybridized carbons (Fsp3) is 0.550. The minimum absolute atomic E-state index is 0.0114. The number of carbonyl (C=O) groups is 3. The number of carbonyl (C=O) groups excluding carboxylic acids is 2. The van der Waals surface area contributed by atoms with E-state index in [1.807, 2.05) is 32.9 Å². The van der Waals surface area contributed by atoms with Gasteiger partial charge in [-0.05, 0) is 43.9 Å². The predicted octanol–water partition coefficient (Wildman–Crippen LogP) is 4.96. The van der Waals surface area contributed by atoms with E-state index in [1.54, 1.807) is 0 Å². The Hall–Kier alpha value is -1.34. The Balaban J connectivity index is 2.96. The molecule has 1 aromatic rings. The van der Waals surface area contributed by atoms with Gasteiger partial charge >= 0.3 is 5.97 Å². The second-order valence-electron chi connectivity index (χ2n) is 6.57. The van der Waals surface area contributed by atoms with Crippen LogP contribution in [0.1, 0.15) is 50.7 Å². The first-order chi connectivity index (χ1) is 12.7. The molecule has 0 fully saturated rings. The first kappa shape index (κ1) is 23.7. The molecule has 0 spiro atoms. The molecule has 1 atom stereocenters. The van der Waals surface area contributed by atoms with E-state index in [-0.39, 0.29) is 22.7 Å². The molecule has 0 bridgehead atoms. The summed E-state index contributed by atoms with van der Waals surface area (Å²) in [6, 6.07) is 3.71. The highest BCUT2D eigenvalue weighted by molar-refractivity contribution is 9.10. The van der Waals surface area contributed by atoms with Crippen molar-refractivity contribution < 1.29 is 19.5 Å². The number of hydrogen-bond acceptors (Lipinski definition) is 4. The summed E-state index contributed by atoms with van der Waals surface area (Å²) in [5, 5.41) is 9.28. The zero-order chi connectivity index (χ0) is 20.6. The number of benzene rings is 1. The highest BCUT2D eigenvalue weighted by Gasteiger charge is 2.25. The van der Waals surface area contributed by atoms with E-state index in [4.69, 9.17) is 0 Å². The van der Waals surface area contributed by atoms with Gasteiger partial charge in [0.05, 0.1) is 11.4 Å². The molecule has 0 aliphatic carbocycles. The SMILES string of the molecule is CCCCC(CC)C(=O)SCC(=O)N(CC(=O)O)c1c(C)ccc(Br)c1C. The molecule has 5 nitrogen and oxygen atoms in total. The molecule has 7 heteroatoms. The second-order valence-corrected chi connectivity index (χ2v) is 8.40. The van der Waals surface area contributed by atoms with E-state index in [9.17, 15) is 19.5 Å². The maximum absolute atomic E-state index is 12.8. The molecule has 0 saturated carbocycles. The summed E-state index contributed by atoms with van der Waals surface area (Å²) >= 11 is 4.43. The van der Waals surface area contributed by atoms with Crippen LogP contribution >= 0.6 is 27.7 Å². The van der Waals surface area contributed by atoms with Crippen LogP contribution in [-0.2, 0) is 14.4 Å². The number of carboxylic acid groups (broad SMARTS) is 1. The van der Waals surface area contributed by atoms with Crippen molar-refractivity contribution in [3.63, 3.8) is 0 Å². The van der Waals surface area contributed by atoms with Crippen molar-refractivity contribution in [1.29, 1.82) is 0 Å². The molecule has 0 heterocycles. The van der Waals surface area contributed by atoms with Crippen LogP contribution in [0.4, 0.5) is 5.69 Å². The van der Waals surface area contributed by atoms with Gasteiger partial charge in [-0.15, -0.1) is 0 Å². The van der Waals surface area contributed by atoms with Crippen LogP contribution in [0, 0.1) is 19.8 Å². The van der Waals surface area contributed by atoms with Gasteiger partial charge in [0.15, 0.2) is 5.12 Å². The van der Waals surface area contributed by atoms with E-state index in [1.165, 1.54) is 4.90 Å². The van der Waals surface area contributed by atoms with Crippen molar-refractivity contribution in [2.45, 2.75) is 53.4 Å². The summed E-state index contributed by atoms with van der Waals surface area (Å²) < 4.78 is 0.806. The molecular weight excluding hydrogens is 430 g/mol. The number of aliphatic carboxylic acids is 1. The highest BCUT2D eigenvalue weighted by Crippen LogP contribution is 2.31. The molecule has 1 N–H and O–H groups in total. The molecule has 150 valence electrons. The smallest absolute Gasteiger partial charge is 0.323 e. The molecule has 0 aromatic heterocycles. The normalized spacial score (nSPS) is 11.9. The third-order valence-corrected chi connectivity index (χ3v) is 6.37. The summed E-state index contributed by atoms with van der Waals surface area (Å²) in [6.07, 6.45) is 3.60. The largest absolute Gasteiger partial charge is 0.480 e. The van der Waals surface area contributed by atoms with E-state index in [0.717, 1.165) is 53.0 Å². The summed E-state index contributed by atoms with van der Waals surface area (Å²) in [7, 11) is 0. The molecule has 1 aromatic carbocycles. The van der Waals surface area contributed by atoms with Crippen molar-refractivity contribution in [3.05, 3.63) is 27.7 Å².